The molecule has 0 aromatic heterocycles. The van der Waals surface area contributed by atoms with E-state index in [4.69, 9.17) is 28.7 Å². The summed E-state index contributed by atoms with van der Waals surface area (Å²) in [4.78, 5) is 21.0. The summed E-state index contributed by atoms with van der Waals surface area (Å²) in [5, 5.41) is 6.74. The highest BCUT2D eigenvalue weighted by Gasteiger charge is 2.46. The molecule has 3 heterocycles. The predicted octanol–water partition coefficient (Wildman–Crippen LogP) is 14.4. The second kappa shape index (κ2) is 22.5. The molecule has 3 atom stereocenters. The van der Waals surface area contributed by atoms with Crippen molar-refractivity contribution in [2.75, 3.05) is 19.8 Å². The molecule has 3 saturated heterocycles. The van der Waals surface area contributed by atoms with E-state index in [-0.39, 0.29) is 51.5 Å². The van der Waals surface area contributed by atoms with Crippen molar-refractivity contribution >= 4 is 0 Å². The molecule has 4 aromatic carbocycles. The summed E-state index contributed by atoms with van der Waals surface area (Å²) in [5.74, 6) is 0. The van der Waals surface area contributed by atoms with Crippen molar-refractivity contribution in [3.8, 4) is 0 Å². The van der Waals surface area contributed by atoms with Crippen LogP contribution in [0.15, 0.2) is 109 Å². The molecular weight excluding hydrogens is 859 g/mol. The van der Waals surface area contributed by atoms with Gasteiger partial charge in [0.15, 0.2) is 0 Å². The van der Waals surface area contributed by atoms with Crippen LogP contribution in [0.4, 0.5) is 0 Å². The normalized spacial score (nSPS) is 22.4. The first kappa shape index (κ1) is 53.3. The van der Waals surface area contributed by atoms with Crippen molar-refractivity contribution in [2.45, 2.75) is 212 Å². The number of hydrogen-bond acceptors (Lipinski definition) is 9. The van der Waals surface area contributed by atoms with E-state index in [2.05, 4.69) is 207 Å². The fourth-order valence-corrected chi connectivity index (χ4v) is 11.7. The Morgan fingerprint density at radius 2 is 0.565 bits per heavy atom. The molecule has 3 fully saturated rings. The van der Waals surface area contributed by atoms with E-state index in [1.165, 1.54) is 19.3 Å². The van der Waals surface area contributed by atoms with Gasteiger partial charge >= 0.3 is 0 Å². The van der Waals surface area contributed by atoms with E-state index >= 15 is 0 Å². The number of benzene rings is 4. The molecule has 0 spiro atoms. The third-order valence-corrected chi connectivity index (χ3v) is 15.0. The van der Waals surface area contributed by atoms with Gasteiger partial charge in [0.25, 0.3) is 0 Å². The van der Waals surface area contributed by atoms with E-state index in [9.17, 15) is 0 Å². The van der Waals surface area contributed by atoms with Gasteiger partial charge in [0.1, 0.15) is 18.3 Å². The van der Waals surface area contributed by atoms with Gasteiger partial charge in [-0.15, -0.1) is 0 Å². The first-order chi connectivity index (χ1) is 32.7. The lowest BCUT2D eigenvalue weighted by atomic mass is 9.82. The standard InChI is InChI=1S/C60H87N3O6/c1-55(2)31-22-32-56(3,4)61(55)67-52(49-25-16-13-17-26-49)43-64-40-46-37-47(41-65-44-53(50-27-18-14-19-28-50)68-62-57(5,6)33-23-34-58(62,7)8)39-48(38-46)42-66-45-54(51-29-20-15-21-30-51)69-63-59(9,10)35-24-36-60(63,11)12/h13-21,25-30,37-39,52-54H,22-24,31-36,40-45H2,1-12H3. The van der Waals surface area contributed by atoms with Crippen LogP contribution >= 0.6 is 0 Å². The summed E-state index contributed by atoms with van der Waals surface area (Å²) in [5.41, 5.74) is 5.85. The topological polar surface area (TPSA) is 65.1 Å². The van der Waals surface area contributed by atoms with Gasteiger partial charge in [0.05, 0.1) is 39.6 Å². The Hall–Kier alpha value is -3.48. The monoisotopic (exact) mass is 946 g/mol. The fraction of sp³-hybridized carbons (Fsp3) is 0.600. The molecule has 9 heteroatoms. The molecule has 0 amide bonds. The number of ether oxygens (including phenoxy) is 3. The van der Waals surface area contributed by atoms with Crippen LogP contribution in [0.5, 0.6) is 0 Å². The van der Waals surface area contributed by atoms with Crippen LogP contribution in [0.25, 0.3) is 0 Å². The van der Waals surface area contributed by atoms with Crippen molar-refractivity contribution in [2.24, 2.45) is 0 Å². The van der Waals surface area contributed by atoms with Gasteiger partial charge in [0, 0.05) is 33.2 Å². The number of nitrogens with zero attached hydrogens (tertiary/aromatic N) is 3. The minimum atomic E-state index is -0.272. The lowest BCUT2D eigenvalue weighted by Crippen LogP contribution is -2.58. The highest BCUT2D eigenvalue weighted by Crippen LogP contribution is 2.43. The van der Waals surface area contributed by atoms with Gasteiger partial charge in [-0.3, -0.25) is 14.5 Å². The first-order valence-electron chi connectivity index (χ1n) is 26.1. The average molecular weight is 946 g/mol. The van der Waals surface area contributed by atoms with E-state index in [1.807, 2.05) is 0 Å². The smallest absolute Gasteiger partial charge is 0.128 e. The van der Waals surface area contributed by atoms with Crippen LogP contribution in [0.1, 0.15) is 193 Å². The Kier molecular flexibility index (Phi) is 17.4. The predicted molar refractivity (Wildman–Crippen MR) is 278 cm³/mol. The molecule has 3 aliphatic heterocycles. The van der Waals surface area contributed by atoms with Gasteiger partial charge < -0.3 is 14.2 Å². The van der Waals surface area contributed by atoms with Crippen LogP contribution in [0.3, 0.4) is 0 Å². The quantitative estimate of drug-likeness (QED) is 0.0812. The third kappa shape index (κ3) is 13.9. The summed E-state index contributed by atoms with van der Waals surface area (Å²) >= 11 is 0. The molecule has 0 bridgehead atoms. The second-order valence-electron chi connectivity index (χ2n) is 24.0. The molecular formula is C60H87N3O6. The van der Waals surface area contributed by atoms with Gasteiger partial charge in [-0.2, -0.15) is 15.2 Å². The third-order valence-electron chi connectivity index (χ3n) is 15.0. The number of hydrogen-bond donors (Lipinski definition) is 0. The van der Waals surface area contributed by atoms with Crippen molar-refractivity contribution < 1.29 is 28.7 Å². The Morgan fingerprint density at radius 1 is 0.348 bits per heavy atom. The Morgan fingerprint density at radius 3 is 0.783 bits per heavy atom. The summed E-state index contributed by atoms with van der Waals surface area (Å²) in [6.45, 7) is 29.9. The lowest BCUT2D eigenvalue weighted by Gasteiger charge is -2.52. The van der Waals surface area contributed by atoms with Gasteiger partial charge in [-0.1, -0.05) is 109 Å². The molecule has 3 aliphatic rings. The minimum absolute atomic E-state index is 0.104. The summed E-state index contributed by atoms with van der Waals surface area (Å²) in [7, 11) is 0. The van der Waals surface area contributed by atoms with Gasteiger partial charge in [-0.25, -0.2) is 0 Å². The van der Waals surface area contributed by atoms with Crippen LogP contribution in [0, 0.1) is 0 Å². The maximum atomic E-state index is 7.02. The Labute approximate surface area is 417 Å². The number of piperidine rings is 3. The Balaban J connectivity index is 1.11. The van der Waals surface area contributed by atoms with Crippen LogP contribution in [-0.4, -0.2) is 68.2 Å². The molecule has 7 rings (SSSR count). The van der Waals surface area contributed by atoms with Crippen LogP contribution in [0.2, 0.25) is 0 Å². The molecule has 3 unspecified atom stereocenters. The SMILES string of the molecule is CC1(C)CCCC(C)(C)N1OC(COCc1cc(COCC(ON2C(C)(C)CCCC2(C)C)c2ccccc2)cc(COCC(ON2C(C)(C)CCCC2(C)C)c2ccccc2)c1)c1ccccc1. The van der Waals surface area contributed by atoms with E-state index in [0.717, 1.165) is 71.9 Å². The van der Waals surface area contributed by atoms with Crippen LogP contribution in [-0.2, 0) is 48.5 Å². The van der Waals surface area contributed by atoms with Crippen molar-refractivity contribution in [3.63, 3.8) is 0 Å². The highest BCUT2D eigenvalue weighted by molar-refractivity contribution is 5.30. The van der Waals surface area contributed by atoms with E-state index < -0.39 is 0 Å². The largest absolute Gasteiger partial charge is 0.374 e. The molecule has 0 saturated carbocycles. The maximum Gasteiger partial charge on any atom is 0.128 e. The number of hydroxylamine groups is 6. The zero-order valence-electron chi connectivity index (χ0n) is 44.5. The molecule has 0 aliphatic carbocycles. The fourth-order valence-electron chi connectivity index (χ4n) is 11.7. The van der Waals surface area contributed by atoms with E-state index in [0.29, 0.717) is 39.6 Å². The summed E-state index contributed by atoms with van der Waals surface area (Å²) < 4.78 is 20.1. The maximum absolute atomic E-state index is 7.02. The molecule has 4 aromatic rings. The summed E-state index contributed by atoms with van der Waals surface area (Å²) in [6, 6.07) is 38.2. The zero-order valence-corrected chi connectivity index (χ0v) is 44.5. The van der Waals surface area contributed by atoms with E-state index in [1.54, 1.807) is 0 Å². The molecule has 69 heavy (non-hydrogen) atoms. The first-order valence-corrected chi connectivity index (χ1v) is 26.1. The van der Waals surface area contributed by atoms with Crippen molar-refractivity contribution in [3.05, 3.63) is 143 Å². The minimum Gasteiger partial charge on any atom is -0.374 e. The zero-order chi connectivity index (χ0) is 49.5. The lowest BCUT2D eigenvalue weighted by molar-refractivity contribution is -0.313. The Bertz CT molecular complexity index is 1890. The van der Waals surface area contributed by atoms with Gasteiger partial charge in [-0.05, 0) is 174 Å². The second-order valence-corrected chi connectivity index (χ2v) is 24.0. The van der Waals surface area contributed by atoms with Crippen LogP contribution < -0.4 is 0 Å². The molecule has 9 nitrogen and oxygen atoms in total. The molecule has 378 valence electrons. The molecule has 0 radical (unpaired) electrons. The van der Waals surface area contributed by atoms with Gasteiger partial charge in [0.2, 0.25) is 0 Å². The highest BCUT2D eigenvalue weighted by atomic mass is 16.7. The summed E-state index contributed by atoms with van der Waals surface area (Å²) in [6.07, 6.45) is 9.22. The van der Waals surface area contributed by atoms with Crippen molar-refractivity contribution in [1.82, 2.24) is 15.2 Å². The average Bonchev–Trinajstić information content (AvgIpc) is 3.28. The van der Waals surface area contributed by atoms with Crippen molar-refractivity contribution in [1.29, 1.82) is 0 Å². The molecule has 0 N–H and O–H groups in total. The number of rotatable bonds is 21.